The Morgan fingerprint density at radius 1 is 0.885 bits per heavy atom. The van der Waals surface area contributed by atoms with E-state index in [4.69, 9.17) is 42.1 Å². The molecule has 2 fully saturated rings. The first-order chi connectivity index (χ1) is 25.0. The Bertz CT molecular complexity index is 1720. The fourth-order valence-electron chi connectivity index (χ4n) is 6.63. The molecule has 0 aromatic heterocycles. The normalized spacial score (nSPS) is 17.5. The average molecular weight is 777 g/mol. The maximum atomic E-state index is 14.4. The van der Waals surface area contributed by atoms with Gasteiger partial charge in [-0.15, -0.1) is 0 Å². The van der Waals surface area contributed by atoms with Crippen molar-refractivity contribution in [3.63, 3.8) is 0 Å². The number of nitrogens with one attached hydrogen (secondary N) is 2. The van der Waals surface area contributed by atoms with Crippen LogP contribution in [-0.2, 0) is 32.5 Å². The lowest BCUT2D eigenvalue weighted by Crippen LogP contribution is -2.47. The van der Waals surface area contributed by atoms with Crippen molar-refractivity contribution in [3.8, 4) is 17.2 Å². The second-order valence-corrected chi connectivity index (χ2v) is 16.3. The molecular weight excluding hydrogens is 725 g/mol. The minimum absolute atomic E-state index is 0.0815. The van der Waals surface area contributed by atoms with Crippen molar-refractivity contribution in [2.75, 3.05) is 59.4 Å². The highest BCUT2D eigenvalue weighted by atomic mass is 35.5. The minimum atomic E-state index is -3.24. The summed E-state index contributed by atoms with van der Waals surface area (Å²) in [5.74, 6) is 1.96. The maximum Gasteiger partial charge on any atom is 0.228 e. The lowest BCUT2D eigenvalue weighted by atomic mass is 9.80. The maximum absolute atomic E-state index is 14.4. The monoisotopic (exact) mass is 775 g/mol. The molecule has 2 N–H and O–H groups in total. The number of methoxy groups -OCH3 is 1. The van der Waals surface area contributed by atoms with Crippen LogP contribution in [0.4, 0.5) is 0 Å². The summed E-state index contributed by atoms with van der Waals surface area (Å²) in [5.41, 5.74) is 4.23. The fraction of sp³-hybridized carbons (Fsp3) is 0.513. The van der Waals surface area contributed by atoms with E-state index in [0.29, 0.717) is 68.3 Å². The van der Waals surface area contributed by atoms with Gasteiger partial charge in [0, 0.05) is 39.4 Å². The van der Waals surface area contributed by atoms with E-state index in [-0.39, 0.29) is 23.8 Å². The molecule has 3 aromatic carbocycles. The highest BCUT2D eigenvalue weighted by Gasteiger charge is 2.40. The standard InChI is InChI=1S/C39H51Cl2N3O7S/c1-27-20-36(40)38(37(41)21-27)51-19-18-50-32-11-7-30(8-12-32)34-13-15-42-25-35(34)39(45)44(31-9-10-31)26-29-22-28(6-4-16-48-2)23-33(24-29)49-17-5-14-43-52(3,46)47/h7-8,11-12,20-24,31,34-35,42-43H,4-6,9-10,13-19,25-26H2,1-3H3/t34-,35+/m1/s1. The van der Waals surface area contributed by atoms with Crippen LogP contribution < -0.4 is 24.2 Å². The molecule has 1 aliphatic heterocycles. The highest BCUT2D eigenvalue weighted by Crippen LogP contribution is 2.37. The third-order valence-corrected chi connectivity index (χ3v) is 10.6. The van der Waals surface area contributed by atoms with Gasteiger partial charge < -0.3 is 29.2 Å². The predicted octanol–water partition coefficient (Wildman–Crippen LogP) is 6.54. The first kappa shape index (κ1) is 40.1. The number of sulfonamides is 1. The van der Waals surface area contributed by atoms with Crippen molar-refractivity contribution in [1.82, 2.24) is 14.9 Å². The zero-order valence-corrected chi connectivity index (χ0v) is 32.6. The van der Waals surface area contributed by atoms with Gasteiger partial charge in [-0.25, -0.2) is 13.1 Å². The van der Waals surface area contributed by atoms with E-state index in [1.54, 1.807) is 7.11 Å². The van der Waals surface area contributed by atoms with E-state index in [1.807, 2.05) is 43.3 Å². The fourth-order valence-corrected chi connectivity index (χ4v) is 7.85. The number of carbonyl (C=O) groups excluding carboxylic acids is 1. The van der Waals surface area contributed by atoms with Crippen LogP contribution in [0, 0.1) is 12.8 Å². The van der Waals surface area contributed by atoms with Gasteiger partial charge in [0.25, 0.3) is 0 Å². The molecule has 0 unspecified atom stereocenters. The Labute approximate surface area is 318 Å². The second kappa shape index (κ2) is 19.3. The average Bonchev–Trinajstić information content (AvgIpc) is 3.95. The van der Waals surface area contributed by atoms with Gasteiger partial charge in [0.2, 0.25) is 15.9 Å². The number of rotatable bonds is 20. The van der Waals surface area contributed by atoms with E-state index in [9.17, 15) is 13.2 Å². The molecule has 5 rings (SSSR count). The van der Waals surface area contributed by atoms with Gasteiger partial charge in [-0.3, -0.25) is 4.79 Å². The molecule has 1 aliphatic carbocycles. The van der Waals surface area contributed by atoms with Gasteiger partial charge >= 0.3 is 0 Å². The third-order valence-electron chi connectivity index (χ3n) is 9.27. The summed E-state index contributed by atoms with van der Waals surface area (Å²) in [4.78, 5) is 16.5. The Morgan fingerprint density at radius 3 is 2.27 bits per heavy atom. The molecule has 0 spiro atoms. The molecular formula is C39H51Cl2N3O7S. The molecule has 1 amide bonds. The second-order valence-electron chi connectivity index (χ2n) is 13.7. The van der Waals surface area contributed by atoms with Gasteiger partial charge in [-0.05, 0) is 117 Å². The third kappa shape index (κ3) is 12.2. The molecule has 52 heavy (non-hydrogen) atoms. The molecule has 284 valence electrons. The summed E-state index contributed by atoms with van der Waals surface area (Å²) in [6.07, 6.45) is 6.24. The number of carbonyl (C=O) groups is 1. The van der Waals surface area contributed by atoms with E-state index >= 15 is 0 Å². The molecule has 1 heterocycles. The van der Waals surface area contributed by atoms with E-state index < -0.39 is 10.0 Å². The SMILES string of the molecule is COCCCc1cc(CN(C(=O)[C@H]2CNCC[C@@H]2c2ccc(OCCOc3c(Cl)cc(C)cc3Cl)cc2)C2CC2)cc(OCCCNS(C)(=O)=O)c1. The molecule has 3 aromatic rings. The lowest BCUT2D eigenvalue weighted by molar-refractivity contribution is -0.138. The summed E-state index contributed by atoms with van der Waals surface area (Å²) in [6, 6.07) is 18.1. The molecule has 0 radical (unpaired) electrons. The summed E-state index contributed by atoms with van der Waals surface area (Å²) in [7, 11) is -1.55. The van der Waals surface area contributed by atoms with Gasteiger partial charge in [-0.1, -0.05) is 41.4 Å². The van der Waals surface area contributed by atoms with Crippen LogP contribution in [0.2, 0.25) is 10.0 Å². The molecule has 10 nitrogen and oxygen atoms in total. The van der Waals surface area contributed by atoms with Crippen molar-refractivity contribution in [2.24, 2.45) is 5.92 Å². The lowest BCUT2D eigenvalue weighted by Gasteiger charge is -2.36. The van der Waals surface area contributed by atoms with Crippen molar-refractivity contribution in [2.45, 2.75) is 64.0 Å². The van der Waals surface area contributed by atoms with Crippen LogP contribution in [0.3, 0.4) is 0 Å². The number of halogens is 2. The van der Waals surface area contributed by atoms with Crippen molar-refractivity contribution in [3.05, 3.63) is 86.9 Å². The molecule has 1 saturated heterocycles. The Balaban J connectivity index is 1.22. The molecule has 1 saturated carbocycles. The molecule has 2 aliphatic rings. The summed E-state index contributed by atoms with van der Waals surface area (Å²) in [5, 5.41) is 4.42. The van der Waals surface area contributed by atoms with Crippen molar-refractivity contribution < 1.29 is 32.2 Å². The highest BCUT2D eigenvalue weighted by molar-refractivity contribution is 7.88. The smallest absolute Gasteiger partial charge is 0.228 e. The molecule has 2 atom stereocenters. The van der Waals surface area contributed by atoms with E-state index in [0.717, 1.165) is 78.7 Å². The summed E-state index contributed by atoms with van der Waals surface area (Å²) < 4.78 is 48.4. The van der Waals surface area contributed by atoms with Crippen LogP contribution >= 0.6 is 23.2 Å². The Kier molecular flexibility index (Phi) is 14.9. The Morgan fingerprint density at radius 2 is 1.58 bits per heavy atom. The first-order valence-electron chi connectivity index (χ1n) is 18.0. The zero-order chi connectivity index (χ0) is 37.1. The number of piperidine rings is 1. The van der Waals surface area contributed by atoms with Gasteiger partial charge in [0.15, 0.2) is 5.75 Å². The van der Waals surface area contributed by atoms with E-state index in [2.05, 4.69) is 33.1 Å². The number of benzene rings is 3. The summed E-state index contributed by atoms with van der Waals surface area (Å²) in [6.45, 7) is 5.85. The zero-order valence-electron chi connectivity index (χ0n) is 30.3. The number of nitrogens with zero attached hydrogens (tertiary/aromatic N) is 1. The topological polar surface area (TPSA) is 115 Å². The van der Waals surface area contributed by atoms with Crippen molar-refractivity contribution in [1.29, 1.82) is 0 Å². The Hall–Kier alpha value is -3.06. The number of aryl methyl sites for hydroxylation is 2. The van der Waals surface area contributed by atoms with Crippen LogP contribution in [0.1, 0.15) is 60.3 Å². The number of ether oxygens (including phenoxy) is 4. The molecule has 13 heteroatoms. The number of hydrogen-bond acceptors (Lipinski definition) is 8. The number of hydrogen-bond donors (Lipinski definition) is 2. The van der Waals surface area contributed by atoms with Crippen LogP contribution in [0.15, 0.2) is 54.6 Å². The number of amides is 1. The molecule has 0 bridgehead atoms. The largest absolute Gasteiger partial charge is 0.494 e. The van der Waals surface area contributed by atoms with Gasteiger partial charge in [0.05, 0.1) is 28.8 Å². The summed E-state index contributed by atoms with van der Waals surface area (Å²) >= 11 is 12.6. The van der Waals surface area contributed by atoms with E-state index in [1.165, 1.54) is 0 Å². The van der Waals surface area contributed by atoms with Crippen LogP contribution in [0.5, 0.6) is 17.2 Å². The minimum Gasteiger partial charge on any atom is -0.494 e. The van der Waals surface area contributed by atoms with Crippen LogP contribution in [0.25, 0.3) is 0 Å². The van der Waals surface area contributed by atoms with Gasteiger partial charge in [-0.2, -0.15) is 0 Å². The van der Waals surface area contributed by atoms with Crippen molar-refractivity contribution >= 4 is 39.1 Å². The predicted molar refractivity (Wildman–Crippen MR) is 206 cm³/mol. The first-order valence-corrected chi connectivity index (χ1v) is 20.7. The van der Waals surface area contributed by atoms with Gasteiger partial charge in [0.1, 0.15) is 24.7 Å². The van der Waals surface area contributed by atoms with Crippen LogP contribution in [-0.4, -0.2) is 84.7 Å². The quantitative estimate of drug-likeness (QED) is 0.125.